The molecular formula is C22H26FN3O2. The van der Waals surface area contributed by atoms with E-state index in [1.165, 1.54) is 34.7 Å². The van der Waals surface area contributed by atoms with Crippen molar-refractivity contribution in [3.8, 4) is 0 Å². The van der Waals surface area contributed by atoms with Gasteiger partial charge in [0.25, 0.3) is 0 Å². The van der Waals surface area contributed by atoms with Crippen molar-refractivity contribution in [2.45, 2.75) is 45.1 Å². The molecule has 5 nitrogen and oxygen atoms in total. The molecule has 1 aliphatic rings. The molecule has 3 amide bonds. The van der Waals surface area contributed by atoms with Gasteiger partial charge in [-0.05, 0) is 60.2 Å². The molecule has 1 saturated heterocycles. The smallest absolute Gasteiger partial charge is 0.322 e. The van der Waals surface area contributed by atoms with Crippen LogP contribution in [-0.2, 0) is 10.2 Å². The van der Waals surface area contributed by atoms with Gasteiger partial charge in [-0.15, -0.1) is 0 Å². The number of rotatable bonds is 3. The number of benzene rings is 2. The Balaban J connectivity index is 1.64. The lowest BCUT2D eigenvalue weighted by Gasteiger charge is -2.24. The standard InChI is InChI=1S/C22H26FN3O2/c1-22(2,3)15-6-10-17(11-7-15)24-20(27)19-5-4-14-26(19)21(28)25-18-12-8-16(23)9-13-18/h6-13,19H,4-5,14H2,1-3H3,(H,24,27)(H,25,28). The van der Waals surface area contributed by atoms with Crippen LogP contribution in [0.2, 0.25) is 0 Å². The van der Waals surface area contributed by atoms with Gasteiger partial charge in [0, 0.05) is 17.9 Å². The first-order valence-electron chi connectivity index (χ1n) is 9.48. The van der Waals surface area contributed by atoms with Gasteiger partial charge in [-0.1, -0.05) is 32.9 Å². The molecule has 0 aliphatic carbocycles. The van der Waals surface area contributed by atoms with Crippen LogP contribution in [0.25, 0.3) is 0 Å². The van der Waals surface area contributed by atoms with Gasteiger partial charge in [0.2, 0.25) is 5.91 Å². The Bertz CT molecular complexity index is 842. The van der Waals surface area contributed by atoms with E-state index in [4.69, 9.17) is 0 Å². The second kappa shape index (κ2) is 8.00. The second-order valence-corrected chi connectivity index (χ2v) is 8.11. The van der Waals surface area contributed by atoms with Crippen LogP contribution in [0.1, 0.15) is 39.2 Å². The number of hydrogen-bond donors (Lipinski definition) is 2. The van der Waals surface area contributed by atoms with Gasteiger partial charge in [0.1, 0.15) is 11.9 Å². The van der Waals surface area contributed by atoms with E-state index in [9.17, 15) is 14.0 Å². The van der Waals surface area contributed by atoms with E-state index in [1.54, 1.807) is 0 Å². The van der Waals surface area contributed by atoms with Crippen LogP contribution in [-0.4, -0.2) is 29.4 Å². The first kappa shape index (κ1) is 19.9. The second-order valence-electron chi connectivity index (χ2n) is 8.11. The third-order valence-corrected chi connectivity index (χ3v) is 4.93. The Hall–Kier alpha value is -2.89. The molecule has 1 fully saturated rings. The zero-order valence-corrected chi connectivity index (χ0v) is 16.5. The average molecular weight is 383 g/mol. The van der Waals surface area contributed by atoms with Crippen LogP contribution >= 0.6 is 0 Å². The summed E-state index contributed by atoms with van der Waals surface area (Å²) in [4.78, 5) is 26.8. The molecule has 0 radical (unpaired) electrons. The Morgan fingerprint density at radius 1 is 0.964 bits per heavy atom. The summed E-state index contributed by atoms with van der Waals surface area (Å²) in [7, 11) is 0. The summed E-state index contributed by atoms with van der Waals surface area (Å²) < 4.78 is 13.0. The number of carbonyl (C=O) groups excluding carboxylic acids is 2. The molecule has 0 spiro atoms. The van der Waals surface area contributed by atoms with E-state index in [2.05, 4.69) is 31.4 Å². The first-order chi connectivity index (χ1) is 13.2. The summed E-state index contributed by atoms with van der Waals surface area (Å²) in [5.41, 5.74) is 2.44. The number of hydrogen-bond acceptors (Lipinski definition) is 2. The Labute approximate surface area is 164 Å². The summed E-state index contributed by atoms with van der Waals surface area (Å²) in [6, 6.07) is 12.5. The van der Waals surface area contributed by atoms with Gasteiger partial charge in [-0.3, -0.25) is 4.79 Å². The number of urea groups is 1. The van der Waals surface area contributed by atoms with Crippen molar-refractivity contribution in [3.63, 3.8) is 0 Å². The van der Waals surface area contributed by atoms with E-state index < -0.39 is 6.04 Å². The van der Waals surface area contributed by atoms with Crippen molar-refractivity contribution in [3.05, 3.63) is 59.9 Å². The SMILES string of the molecule is CC(C)(C)c1ccc(NC(=O)C2CCCN2C(=O)Nc2ccc(F)cc2)cc1. The zero-order chi connectivity index (χ0) is 20.3. The van der Waals surface area contributed by atoms with E-state index in [-0.39, 0.29) is 23.2 Å². The Morgan fingerprint density at radius 2 is 1.54 bits per heavy atom. The number of nitrogens with zero attached hydrogens (tertiary/aromatic N) is 1. The monoisotopic (exact) mass is 383 g/mol. The fourth-order valence-corrected chi connectivity index (χ4v) is 3.29. The predicted octanol–water partition coefficient (Wildman–Crippen LogP) is 4.76. The highest BCUT2D eigenvalue weighted by molar-refractivity contribution is 5.99. The molecule has 2 N–H and O–H groups in total. The minimum Gasteiger partial charge on any atom is -0.324 e. The zero-order valence-electron chi connectivity index (χ0n) is 16.5. The van der Waals surface area contributed by atoms with Gasteiger partial charge in [0.15, 0.2) is 0 Å². The van der Waals surface area contributed by atoms with Gasteiger partial charge >= 0.3 is 6.03 Å². The number of likely N-dealkylation sites (tertiary alicyclic amines) is 1. The highest BCUT2D eigenvalue weighted by Crippen LogP contribution is 2.25. The molecule has 1 unspecified atom stereocenters. The highest BCUT2D eigenvalue weighted by atomic mass is 19.1. The van der Waals surface area contributed by atoms with E-state index in [1.807, 2.05) is 24.3 Å². The normalized spacial score (nSPS) is 16.7. The van der Waals surface area contributed by atoms with Crippen molar-refractivity contribution in [1.82, 2.24) is 4.90 Å². The van der Waals surface area contributed by atoms with Gasteiger partial charge in [0.05, 0.1) is 0 Å². The third kappa shape index (κ3) is 4.68. The number of nitrogens with one attached hydrogen (secondary N) is 2. The van der Waals surface area contributed by atoms with E-state index >= 15 is 0 Å². The van der Waals surface area contributed by atoms with Crippen molar-refractivity contribution in [1.29, 1.82) is 0 Å². The van der Waals surface area contributed by atoms with Crippen molar-refractivity contribution < 1.29 is 14.0 Å². The summed E-state index contributed by atoms with van der Waals surface area (Å²) in [6.45, 7) is 6.91. The topological polar surface area (TPSA) is 61.4 Å². The maximum absolute atomic E-state index is 13.0. The fraction of sp³-hybridized carbons (Fsp3) is 0.364. The molecular weight excluding hydrogens is 357 g/mol. The molecule has 0 aromatic heterocycles. The van der Waals surface area contributed by atoms with Crippen LogP contribution in [0.4, 0.5) is 20.6 Å². The van der Waals surface area contributed by atoms with Crippen LogP contribution in [0, 0.1) is 5.82 Å². The molecule has 3 rings (SSSR count). The largest absolute Gasteiger partial charge is 0.324 e. The summed E-state index contributed by atoms with van der Waals surface area (Å²) >= 11 is 0. The molecule has 1 aliphatic heterocycles. The highest BCUT2D eigenvalue weighted by Gasteiger charge is 2.34. The van der Waals surface area contributed by atoms with Crippen LogP contribution in [0.3, 0.4) is 0 Å². The molecule has 2 aromatic rings. The number of halogens is 1. The van der Waals surface area contributed by atoms with E-state index in [0.29, 0.717) is 24.3 Å². The minimum atomic E-state index is -0.525. The fourth-order valence-electron chi connectivity index (χ4n) is 3.29. The lowest BCUT2D eigenvalue weighted by atomic mass is 9.87. The summed E-state index contributed by atoms with van der Waals surface area (Å²) in [6.07, 6.45) is 1.38. The molecule has 0 saturated carbocycles. The van der Waals surface area contributed by atoms with Crippen molar-refractivity contribution in [2.75, 3.05) is 17.2 Å². The van der Waals surface area contributed by atoms with E-state index in [0.717, 1.165) is 6.42 Å². The molecule has 1 atom stereocenters. The van der Waals surface area contributed by atoms with Crippen LogP contribution in [0.15, 0.2) is 48.5 Å². The van der Waals surface area contributed by atoms with Crippen LogP contribution < -0.4 is 10.6 Å². The lowest BCUT2D eigenvalue weighted by Crippen LogP contribution is -2.45. The minimum absolute atomic E-state index is 0.0449. The quantitative estimate of drug-likeness (QED) is 0.803. The Kier molecular flexibility index (Phi) is 5.68. The molecule has 1 heterocycles. The summed E-state index contributed by atoms with van der Waals surface area (Å²) in [5.74, 6) is -0.566. The Morgan fingerprint density at radius 3 is 2.14 bits per heavy atom. The molecule has 0 bridgehead atoms. The van der Waals surface area contributed by atoms with Crippen molar-refractivity contribution in [2.24, 2.45) is 0 Å². The maximum Gasteiger partial charge on any atom is 0.322 e. The molecule has 148 valence electrons. The molecule has 6 heteroatoms. The number of anilines is 2. The van der Waals surface area contributed by atoms with Gasteiger partial charge in [-0.25, -0.2) is 9.18 Å². The predicted molar refractivity (Wildman–Crippen MR) is 109 cm³/mol. The van der Waals surface area contributed by atoms with Crippen LogP contribution in [0.5, 0.6) is 0 Å². The molecule has 2 aromatic carbocycles. The van der Waals surface area contributed by atoms with Gasteiger partial charge < -0.3 is 15.5 Å². The lowest BCUT2D eigenvalue weighted by molar-refractivity contribution is -0.119. The third-order valence-electron chi connectivity index (χ3n) is 4.93. The van der Waals surface area contributed by atoms with Gasteiger partial charge in [-0.2, -0.15) is 0 Å². The number of amides is 3. The maximum atomic E-state index is 13.0. The van der Waals surface area contributed by atoms with Crippen molar-refractivity contribution >= 4 is 23.3 Å². The summed E-state index contributed by atoms with van der Waals surface area (Å²) in [5, 5.41) is 5.63. The molecule has 28 heavy (non-hydrogen) atoms. The average Bonchev–Trinajstić information content (AvgIpc) is 3.13. The number of carbonyl (C=O) groups is 2. The first-order valence-corrected chi connectivity index (χ1v) is 9.48.